The molecule has 0 unspecified atom stereocenters. The van der Waals surface area contributed by atoms with Gasteiger partial charge in [-0.3, -0.25) is 0 Å². The maximum atomic E-state index is 11.6. The number of benzene rings is 2. The summed E-state index contributed by atoms with van der Waals surface area (Å²) in [5, 5.41) is 5.60. The van der Waals surface area contributed by atoms with Crippen LogP contribution in [0.25, 0.3) is 0 Å². The smallest absolute Gasteiger partial charge is 0.238 e. The van der Waals surface area contributed by atoms with Gasteiger partial charge in [-0.15, -0.1) is 0 Å². The normalized spacial score (nSPS) is 11.4. The van der Waals surface area contributed by atoms with Gasteiger partial charge in [0.15, 0.2) is 0 Å². The van der Waals surface area contributed by atoms with Crippen LogP contribution < -0.4 is 15.6 Å². The topological polar surface area (TPSA) is 95.4 Å². The van der Waals surface area contributed by atoms with Crippen molar-refractivity contribution in [3.05, 3.63) is 46.5 Å². The first-order valence-electron chi connectivity index (χ1n) is 6.05. The van der Waals surface area contributed by atoms with Crippen molar-refractivity contribution in [2.75, 3.05) is 5.73 Å². The number of halogens is 1. The Morgan fingerprint density at radius 1 is 1.10 bits per heavy atom. The Balaban J connectivity index is 2.52. The van der Waals surface area contributed by atoms with E-state index in [9.17, 15) is 8.42 Å². The molecule has 0 amide bonds. The Labute approximate surface area is 128 Å². The molecule has 2 aromatic rings. The quantitative estimate of drug-likeness (QED) is 0.847. The molecular formula is C14H15ClN2O3S. The van der Waals surface area contributed by atoms with Gasteiger partial charge in [-0.1, -0.05) is 17.7 Å². The average molecular weight is 327 g/mol. The molecule has 0 spiro atoms. The van der Waals surface area contributed by atoms with Crippen LogP contribution in [0.5, 0.6) is 11.5 Å². The molecule has 0 aliphatic rings. The summed E-state index contributed by atoms with van der Waals surface area (Å²) in [5.74, 6) is 0.709. The SMILES string of the molecule is Cc1ccc(Oc2cc(N)cc(S(N)(=O)=O)c2C)c(Cl)c1. The Morgan fingerprint density at radius 2 is 1.76 bits per heavy atom. The largest absolute Gasteiger partial charge is 0.455 e. The molecule has 7 heteroatoms. The highest BCUT2D eigenvalue weighted by Gasteiger charge is 2.17. The molecule has 0 aliphatic heterocycles. The average Bonchev–Trinajstić information content (AvgIpc) is 2.35. The molecule has 0 radical (unpaired) electrons. The van der Waals surface area contributed by atoms with Gasteiger partial charge in [0, 0.05) is 17.3 Å². The second kappa shape index (κ2) is 5.55. The number of anilines is 1. The van der Waals surface area contributed by atoms with Gasteiger partial charge >= 0.3 is 0 Å². The number of rotatable bonds is 3. The van der Waals surface area contributed by atoms with E-state index in [4.69, 9.17) is 27.2 Å². The van der Waals surface area contributed by atoms with Crippen LogP contribution in [-0.4, -0.2) is 8.42 Å². The molecule has 112 valence electrons. The van der Waals surface area contributed by atoms with E-state index >= 15 is 0 Å². The fraction of sp³-hybridized carbons (Fsp3) is 0.143. The van der Waals surface area contributed by atoms with Crippen LogP contribution >= 0.6 is 11.6 Å². The molecular weight excluding hydrogens is 312 g/mol. The zero-order chi connectivity index (χ0) is 15.8. The molecule has 2 aromatic carbocycles. The number of aryl methyl sites for hydroxylation is 1. The highest BCUT2D eigenvalue weighted by Crippen LogP contribution is 2.35. The third-order valence-electron chi connectivity index (χ3n) is 2.95. The van der Waals surface area contributed by atoms with Crippen LogP contribution in [0.4, 0.5) is 5.69 Å². The highest BCUT2D eigenvalue weighted by atomic mass is 35.5. The number of nitrogen functional groups attached to an aromatic ring is 1. The van der Waals surface area contributed by atoms with Crippen molar-refractivity contribution in [3.63, 3.8) is 0 Å². The maximum Gasteiger partial charge on any atom is 0.238 e. The number of primary sulfonamides is 1. The van der Waals surface area contributed by atoms with Gasteiger partial charge in [0.05, 0.1) is 9.92 Å². The van der Waals surface area contributed by atoms with E-state index in [1.54, 1.807) is 19.1 Å². The number of sulfonamides is 1. The monoisotopic (exact) mass is 326 g/mol. The van der Waals surface area contributed by atoms with E-state index < -0.39 is 10.0 Å². The summed E-state index contributed by atoms with van der Waals surface area (Å²) in [6.07, 6.45) is 0. The molecule has 0 aliphatic carbocycles. The minimum Gasteiger partial charge on any atom is -0.455 e. The van der Waals surface area contributed by atoms with Crippen molar-refractivity contribution in [3.8, 4) is 11.5 Å². The lowest BCUT2D eigenvalue weighted by molar-refractivity contribution is 0.477. The summed E-state index contributed by atoms with van der Waals surface area (Å²) in [6, 6.07) is 8.12. The minimum atomic E-state index is -3.88. The number of nitrogens with two attached hydrogens (primary N) is 2. The Hall–Kier alpha value is -1.76. The van der Waals surface area contributed by atoms with Crippen LogP contribution in [0.3, 0.4) is 0 Å². The van der Waals surface area contributed by atoms with Crippen LogP contribution in [0.15, 0.2) is 35.2 Å². The zero-order valence-electron chi connectivity index (χ0n) is 11.6. The lowest BCUT2D eigenvalue weighted by atomic mass is 10.2. The highest BCUT2D eigenvalue weighted by molar-refractivity contribution is 7.89. The van der Waals surface area contributed by atoms with Crippen LogP contribution in [-0.2, 0) is 10.0 Å². The first-order chi connectivity index (χ1) is 9.68. The van der Waals surface area contributed by atoms with Gasteiger partial charge in [-0.05, 0) is 37.6 Å². The van der Waals surface area contributed by atoms with Crippen LogP contribution in [0, 0.1) is 13.8 Å². The van der Waals surface area contributed by atoms with Crippen LogP contribution in [0.2, 0.25) is 5.02 Å². The molecule has 0 saturated carbocycles. The summed E-state index contributed by atoms with van der Waals surface area (Å²) in [4.78, 5) is -0.0688. The molecule has 0 heterocycles. The predicted molar refractivity (Wildman–Crippen MR) is 83.2 cm³/mol. The first kappa shape index (κ1) is 15.6. The lowest BCUT2D eigenvalue weighted by Crippen LogP contribution is -2.14. The summed E-state index contributed by atoms with van der Waals surface area (Å²) < 4.78 is 28.8. The summed E-state index contributed by atoms with van der Waals surface area (Å²) in [7, 11) is -3.88. The van der Waals surface area contributed by atoms with Crippen LogP contribution in [0.1, 0.15) is 11.1 Å². The van der Waals surface area contributed by atoms with E-state index in [1.807, 2.05) is 13.0 Å². The van der Waals surface area contributed by atoms with E-state index in [-0.39, 0.29) is 10.6 Å². The summed E-state index contributed by atoms with van der Waals surface area (Å²) in [5.41, 5.74) is 7.31. The molecule has 4 N–H and O–H groups in total. The Bertz CT molecular complexity index is 804. The van der Waals surface area contributed by atoms with Crippen molar-refractivity contribution in [2.45, 2.75) is 18.7 Å². The third-order valence-corrected chi connectivity index (χ3v) is 4.28. The molecule has 0 saturated heterocycles. The first-order valence-corrected chi connectivity index (χ1v) is 7.98. The maximum absolute atomic E-state index is 11.6. The van der Waals surface area contributed by atoms with E-state index in [2.05, 4.69) is 0 Å². The molecule has 5 nitrogen and oxygen atoms in total. The van der Waals surface area contributed by atoms with Gasteiger partial charge in [0.25, 0.3) is 0 Å². The predicted octanol–water partition coefficient (Wildman–Crippen LogP) is 2.98. The van der Waals surface area contributed by atoms with E-state index in [1.165, 1.54) is 12.1 Å². The van der Waals surface area contributed by atoms with Crippen molar-refractivity contribution < 1.29 is 13.2 Å². The summed E-state index contributed by atoms with van der Waals surface area (Å²) in [6.45, 7) is 3.50. The molecule has 0 aromatic heterocycles. The van der Waals surface area contributed by atoms with Gasteiger partial charge in [-0.25, -0.2) is 13.6 Å². The molecule has 0 fully saturated rings. The van der Waals surface area contributed by atoms with Crippen molar-refractivity contribution in [1.29, 1.82) is 0 Å². The van der Waals surface area contributed by atoms with Gasteiger partial charge in [-0.2, -0.15) is 0 Å². The molecule has 2 rings (SSSR count). The van der Waals surface area contributed by atoms with E-state index in [0.29, 0.717) is 22.1 Å². The number of hydrogen-bond acceptors (Lipinski definition) is 4. The summed E-state index contributed by atoms with van der Waals surface area (Å²) >= 11 is 6.10. The van der Waals surface area contributed by atoms with Gasteiger partial charge in [0.1, 0.15) is 11.5 Å². The fourth-order valence-corrected chi connectivity index (χ4v) is 2.99. The van der Waals surface area contributed by atoms with Crippen molar-refractivity contribution in [1.82, 2.24) is 0 Å². The lowest BCUT2D eigenvalue weighted by Gasteiger charge is -2.14. The van der Waals surface area contributed by atoms with E-state index in [0.717, 1.165) is 5.56 Å². The zero-order valence-corrected chi connectivity index (χ0v) is 13.1. The minimum absolute atomic E-state index is 0.0688. The van der Waals surface area contributed by atoms with Gasteiger partial charge in [0.2, 0.25) is 10.0 Å². The fourth-order valence-electron chi connectivity index (χ4n) is 1.89. The second-order valence-electron chi connectivity index (χ2n) is 4.72. The molecule has 21 heavy (non-hydrogen) atoms. The number of hydrogen-bond donors (Lipinski definition) is 2. The number of ether oxygens (including phenoxy) is 1. The Kier molecular flexibility index (Phi) is 4.13. The molecule has 0 atom stereocenters. The van der Waals surface area contributed by atoms with Crippen molar-refractivity contribution in [2.24, 2.45) is 5.14 Å². The Morgan fingerprint density at radius 3 is 2.33 bits per heavy atom. The second-order valence-corrected chi connectivity index (χ2v) is 6.66. The third kappa shape index (κ3) is 3.47. The van der Waals surface area contributed by atoms with Gasteiger partial charge < -0.3 is 10.5 Å². The van der Waals surface area contributed by atoms with Crippen molar-refractivity contribution >= 4 is 27.3 Å². The standard InChI is InChI=1S/C14H15ClN2O3S/c1-8-3-4-12(11(15)5-8)20-13-6-10(16)7-14(9(13)2)21(17,18)19/h3-7H,16H2,1-2H3,(H2,17,18,19). The molecule has 0 bridgehead atoms.